The van der Waals surface area contributed by atoms with Crippen LogP contribution in [0.3, 0.4) is 0 Å². The van der Waals surface area contributed by atoms with Gasteiger partial charge in [0, 0.05) is 24.4 Å². The number of benzene rings is 1. The molecule has 1 aromatic heterocycles. The molecule has 0 radical (unpaired) electrons. The van der Waals surface area contributed by atoms with E-state index in [0.717, 1.165) is 12.0 Å². The average molecular weight is 253 g/mol. The highest BCUT2D eigenvalue weighted by Crippen LogP contribution is 2.20. The quantitative estimate of drug-likeness (QED) is 0.753. The molecule has 98 valence electrons. The molecular weight excluding hydrogens is 234 g/mol. The van der Waals surface area contributed by atoms with Gasteiger partial charge < -0.3 is 0 Å². The minimum Gasteiger partial charge on any atom is -0.294 e. The fraction of sp³-hybridized carbons (Fsp3) is 0.294. The lowest BCUT2D eigenvalue weighted by atomic mass is 9.95. The topological polar surface area (TPSA) is 30.0 Å². The van der Waals surface area contributed by atoms with Gasteiger partial charge in [-0.15, -0.1) is 0 Å². The summed E-state index contributed by atoms with van der Waals surface area (Å²) in [6, 6.07) is 11.5. The molecule has 2 heteroatoms. The van der Waals surface area contributed by atoms with Gasteiger partial charge >= 0.3 is 0 Å². The van der Waals surface area contributed by atoms with Gasteiger partial charge in [0.05, 0.1) is 0 Å². The fourth-order valence-corrected chi connectivity index (χ4v) is 2.23. The number of carbonyl (C=O) groups excluding carboxylic acids is 1. The lowest BCUT2D eigenvalue weighted by molar-refractivity contribution is 0.0982. The van der Waals surface area contributed by atoms with Crippen LogP contribution in [0.4, 0.5) is 0 Å². The van der Waals surface area contributed by atoms with Crippen molar-refractivity contribution in [1.29, 1.82) is 0 Å². The maximum Gasteiger partial charge on any atom is 0.163 e. The second-order valence-electron chi connectivity index (χ2n) is 5.02. The number of rotatable bonds is 5. The highest BCUT2D eigenvalue weighted by atomic mass is 16.1. The van der Waals surface area contributed by atoms with E-state index < -0.39 is 0 Å². The molecule has 0 aliphatic heterocycles. The first-order chi connectivity index (χ1) is 9.18. The van der Waals surface area contributed by atoms with Gasteiger partial charge in [-0.3, -0.25) is 9.78 Å². The molecule has 0 aliphatic carbocycles. The number of hydrogen-bond acceptors (Lipinski definition) is 2. The van der Waals surface area contributed by atoms with Crippen LogP contribution in [0.2, 0.25) is 0 Å². The third-order valence-corrected chi connectivity index (χ3v) is 3.28. The van der Waals surface area contributed by atoms with E-state index in [2.05, 4.69) is 18.8 Å². The number of aromatic nitrogens is 1. The molecule has 19 heavy (non-hydrogen) atoms. The van der Waals surface area contributed by atoms with Crippen LogP contribution in [0.5, 0.6) is 0 Å². The normalized spacial score (nSPS) is 10.7. The van der Waals surface area contributed by atoms with Crippen molar-refractivity contribution in [2.45, 2.75) is 32.6 Å². The van der Waals surface area contributed by atoms with Crippen molar-refractivity contribution in [1.82, 2.24) is 4.98 Å². The molecule has 2 nitrogen and oxygen atoms in total. The van der Waals surface area contributed by atoms with Crippen LogP contribution in [0, 0.1) is 0 Å². The number of pyridine rings is 1. The Morgan fingerprint density at radius 1 is 1.16 bits per heavy atom. The van der Waals surface area contributed by atoms with Crippen LogP contribution in [0.25, 0.3) is 0 Å². The minimum atomic E-state index is 0.194. The predicted molar refractivity (Wildman–Crippen MR) is 77.4 cm³/mol. The zero-order valence-electron chi connectivity index (χ0n) is 11.5. The van der Waals surface area contributed by atoms with Gasteiger partial charge in [0.15, 0.2) is 5.78 Å². The summed E-state index contributed by atoms with van der Waals surface area (Å²) in [5, 5.41) is 0. The molecule has 1 heterocycles. The SMILES string of the molecule is CC(C)c1ccncc1CCC(=O)c1ccccc1. The fourth-order valence-electron chi connectivity index (χ4n) is 2.23. The molecule has 0 N–H and O–H groups in total. The summed E-state index contributed by atoms with van der Waals surface area (Å²) in [6.45, 7) is 4.33. The Labute approximate surface area is 114 Å². The molecular formula is C17H19NO. The Kier molecular flexibility index (Phi) is 4.45. The highest BCUT2D eigenvalue weighted by Gasteiger charge is 2.10. The first-order valence-electron chi connectivity index (χ1n) is 6.69. The number of ketones is 1. The summed E-state index contributed by atoms with van der Waals surface area (Å²) in [5.74, 6) is 0.656. The van der Waals surface area contributed by atoms with Gasteiger partial charge in [0.25, 0.3) is 0 Å². The molecule has 0 atom stereocenters. The van der Waals surface area contributed by atoms with Gasteiger partial charge in [0.2, 0.25) is 0 Å². The van der Waals surface area contributed by atoms with E-state index in [-0.39, 0.29) is 5.78 Å². The first-order valence-corrected chi connectivity index (χ1v) is 6.69. The maximum absolute atomic E-state index is 12.1. The zero-order chi connectivity index (χ0) is 13.7. The van der Waals surface area contributed by atoms with Crippen LogP contribution in [-0.4, -0.2) is 10.8 Å². The molecule has 0 bridgehead atoms. The molecule has 0 fully saturated rings. The second kappa shape index (κ2) is 6.28. The first kappa shape index (κ1) is 13.5. The monoisotopic (exact) mass is 253 g/mol. The average Bonchev–Trinajstić information content (AvgIpc) is 2.46. The van der Waals surface area contributed by atoms with Gasteiger partial charge in [0.1, 0.15) is 0 Å². The second-order valence-corrected chi connectivity index (χ2v) is 5.02. The van der Waals surface area contributed by atoms with E-state index in [1.165, 1.54) is 11.1 Å². The van der Waals surface area contributed by atoms with Crippen molar-refractivity contribution in [3.05, 3.63) is 65.5 Å². The Hall–Kier alpha value is -1.96. The summed E-state index contributed by atoms with van der Waals surface area (Å²) in [7, 11) is 0. The molecule has 0 saturated carbocycles. The van der Waals surface area contributed by atoms with Crippen molar-refractivity contribution >= 4 is 5.78 Å². The van der Waals surface area contributed by atoms with Crippen molar-refractivity contribution < 1.29 is 4.79 Å². The molecule has 0 spiro atoms. The van der Waals surface area contributed by atoms with Crippen LogP contribution in [0.1, 0.15) is 47.7 Å². The zero-order valence-corrected chi connectivity index (χ0v) is 11.5. The maximum atomic E-state index is 12.1. The summed E-state index contributed by atoms with van der Waals surface area (Å²) in [6.07, 6.45) is 5.00. The molecule has 0 saturated heterocycles. The third kappa shape index (κ3) is 3.50. The van der Waals surface area contributed by atoms with Crippen LogP contribution in [0.15, 0.2) is 48.8 Å². The summed E-state index contributed by atoms with van der Waals surface area (Å²) >= 11 is 0. The largest absolute Gasteiger partial charge is 0.294 e. The number of carbonyl (C=O) groups is 1. The van der Waals surface area contributed by atoms with Gasteiger partial charge in [-0.1, -0.05) is 44.2 Å². The summed E-state index contributed by atoms with van der Waals surface area (Å²) in [5.41, 5.74) is 3.26. The molecule has 1 aromatic carbocycles. The number of nitrogens with zero attached hydrogens (tertiary/aromatic N) is 1. The Balaban J connectivity index is 2.05. The standard InChI is InChI=1S/C17H19NO/c1-13(2)16-10-11-18-12-15(16)8-9-17(19)14-6-4-3-5-7-14/h3-7,10-13H,8-9H2,1-2H3. The van der Waals surface area contributed by atoms with E-state index in [9.17, 15) is 4.79 Å². The molecule has 2 rings (SSSR count). The van der Waals surface area contributed by atoms with Crippen molar-refractivity contribution in [3.63, 3.8) is 0 Å². The minimum absolute atomic E-state index is 0.194. The lowest BCUT2D eigenvalue weighted by Crippen LogP contribution is -2.04. The van der Waals surface area contributed by atoms with Gasteiger partial charge in [-0.2, -0.15) is 0 Å². The van der Waals surface area contributed by atoms with E-state index >= 15 is 0 Å². The Morgan fingerprint density at radius 3 is 2.58 bits per heavy atom. The van der Waals surface area contributed by atoms with E-state index in [4.69, 9.17) is 0 Å². The van der Waals surface area contributed by atoms with E-state index in [1.54, 1.807) is 0 Å². The van der Waals surface area contributed by atoms with Crippen LogP contribution >= 0.6 is 0 Å². The molecule has 0 amide bonds. The number of aryl methyl sites for hydroxylation is 1. The number of Topliss-reactive ketones (excluding diaryl/α,β-unsaturated/α-hetero) is 1. The smallest absolute Gasteiger partial charge is 0.163 e. The lowest BCUT2D eigenvalue weighted by Gasteiger charge is -2.11. The van der Waals surface area contributed by atoms with Crippen molar-refractivity contribution in [2.24, 2.45) is 0 Å². The molecule has 0 aliphatic rings. The highest BCUT2D eigenvalue weighted by molar-refractivity contribution is 5.96. The third-order valence-electron chi connectivity index (χ3n) is 3.28. The van der Waals surface area contributed by atoms with E-state index in [1.807, 2.05) is 48.8 Å². The Morgan fingerprint density at radius 2 is 1.89 bits per heavy atom. The van der Waals surface area contributed by atoms with Crippen LogP contribution < -0.4 is 0 Å². The molecule has 0 unspecified atom stereocenters. The van der Waals surface area contributed by atoms with Gasteiger partial charge in [-0.25, -0.2) is 0 Å². The predicted octanol–water partition coefficient (Wildman–Crippen LogP) is 4.02. The van der Waals surface area contributed by atoms with Gasteiger partial charge in [-0.05, 0) is 29.5 Å². The summed E-state index contributed by atoms with van der Waals surface area (Å²) in [4.78, 5) is 16.2. The van der Waals surface area contributed by atoms with E-state index in [0.29, 0.717) is 12.3 Å². The van der Waals surface area contributed by atoms with Crippen molar-refractivity contribution in [2.75, 3.05) is 0 Å². The summed E-state index contributed by atoms with van der Waals surface area (Å²) < 4.78 is 0. The number of hydrogen-bond donors (Lipinski definition) is 0. The van der Waals surface area contributed by atoms with Crippen molar-refractivity contribution in [3.8, 4) is 0 Å². The molecule has 2 aromatic rings. The Bertz CT molecular complexity index is 546. The van der Waals surface area contributed by atoms with Crippen LogP contribution in [-0.2, 0) is 6.42 Å².